The molecule has 4 rings (SSSR count). The molecule has 1 aliphatic rings. The number of hydrogen-bond acceptors (Lipinski definition) is 4. The van der Waals surface area contributed by atoms with Crippen LogP contribution in [0.5, 0.6) is 17.2 Å². The van der Waals surface area contributed by atoms with Crippen molar-refractivity contribution in [2.24, 2.45) is 0 Å². The molecule has 4 heteroatoms. The van der Waals surface area contributed by atoms with Crippen molar-refractivity contribution in [1.29, 1.82) is 0 Å². The van der Waals surface area contributed by atoms with Crippen LogP contribution in [0.3, 0.4) is 0 Å². The SMILES string of the molecule is COc1cc(C2=CN(Cc3ccccc3)Cc3ccccc32)cc(OC)c1OC. The Kier molecular flexibility index (Phi) is 5.43. The van der Waals surface area contributed by atoms with Gasteiger partial charge in [0.25, 0.3) is 0 Å². The molecule has 0 spiro atoms. The van der Waals surface area contributed by atoms with E-state index in [9.17, 15) is 0 Å². The highest BCUT2D eigenvalue weighted by Crippen LogP contribution is 2.42. The maximum absolute atomic E-state index is 5.57. The summed E-state index contributed by atoms with van der Waals surface area (Å²) in [6, 6.07) is 23.1. The molecule has 0 aromatic heterocycles. The van der Waals surface area contributed by atoms with E-state index in [0.29, 0.717) is 17.2 Å². The highest BCUT2D eigenvalue weighted by atomic mass is 16.5. The van der Waals surface area contributed by atoms with Gasteiger partial charge in [0.2, 0.25) is 5.75 Å². The van der Waals surface area contributed by atoms with Crippen molar-refractivity contribution in [2.75, 3.05) is 21.3 Å². The summed E-state index contributed by atoms with van der Waals surface area (Å²) < 4.78 is 16.6. The Morgan fingerprint density at radius 3 is 2.10 bits per heavy atom. The largest absolute Gasteiger partial charge is 0.493 e. The summed E-state index contributed by atoms with van der Waals surface area (Å²) in [5.41, 5.74) is 5.99. The smallest absolute Gasteiger partial charge is 0.203 e. The second-order valence-electron chi connectivity index (χ2n) is 7.00. The first-order valence-corrected chi connectivity index (χ1v) is 9.62. The Labute approximate surface area is 172 Å². The molecule has 0 atom stereocenters. The molecule has 4 nitrogen and oxygen atoms in total. The van der Waals surface area contributed by atoms with Crippen molar-refractivity contribution in [3.8, 4) is 17.2 Å². The van der Waals surface area contributed by atoms with E-state index >= 15 is 0 Å². The maximum atomic E-state index is 5.57. The summed E-state index contributed by atoms with van der Waals surface area (Å²) in [7, 11) is 4.91. The van der Waals surface area contributed by atoms with Crippen molar-refractivity contribution in [2.45, 2.75) is 13.1 Å². The van der Waals surface area contributed by atoms with Gasteiger partial charge in [-0.05, 0) is 34.4 Å². The molecule has 0 aliphatic carbocycles. The quantitative estimate of drug-likeness (QED) is 0.588. The molecular formula is C25H25NO3. The summed E-state index contributed by atoms with van der Waals surface area (Å²) in [6.07, 6.45) is 2.23. The van der Waals surface area contributed by atoms with E-state index in [0.717, 1.165) is 24.2 Å². The van der Waals surface area contributed by atoms with E-state index in [1.54, 1.807) is 21.3 Å². The zero-order valence-corrected chi connectivity index (χ0v) is 17.0. The van der Waals surface area contributed by atoms with E-state index in [1.165, 1.54) is 16.7 Å². The molecule has 0 N–H and O–H groups in total. The average molecular weight is 387 g/mol. The van der Waals surface area contributed by atoms with Gasteiger partial charge in [0.15, 0.2) is 11.5 Å². The van der Waals surface area contributed by atoms with Crippen LogP contribution in [0, 0.1) is 0 Å². The van der Waals surface area contributed by atoms with E-state index in [2.05, 4.69) is 59.6 Å². The lowest BCUT2D eigenvalue weighted by Crippen LogP contribution is -2.21. The first kappa shape index (κ1) is 18.9. The molecule has 3 aromatic carbocycles. The molecular weight excluding hydrogens is 362 g/mol. The molecule has 0 radical (unpaired) electrons. The number of benzene rings is 3. The normalized spacial score (nSPS) is 12.8. The van der Waals surface area contributed by atoms with Crippen LogP contribution in [0.4, 0.5) is 0 Å². The highest BCUT2D eigenvalue weighted by Gasteiger charge is 2.21. The average Bonchev–Trinajstić information content (AvgIpc) is 2.78. The molecule has 0 saturated heterocycles. The van der Waals surface area contributed by atoms with Gasteiger partial charge in [-0.1, -0.05) is 54.6 Å². The van der Waals surface area contributed by atoms with Gasteiger partial charge in [-0.2, -0.15) is 0 Å². The Hall–Kier alpha value is -3.40. The molecule has 0 bridgehead atoms. The number of ether oxygens (including phenoxy) is 3. The zero-order chi connectivity index (χ0) is 20.2. The van der Waals surface area contributed by atoms with Gasteiger partial charge in [-0.15, -0.1) is 0 Å². The fourth-order valence-corrected chi connectivity index (χ4v) is 3.82. The van der Waals surface area contributed by atoms with E-state index in [-0.39, 0.29) is 0 Å². The lowest BCUT2D eigenvalue weighted by molar-refractivity contribution is 0.324. The molecule has 148 valence electrons. The highest BCUT2D eigenvalue weighted by molar-refractivity contribution is 5.84. The predicted octanol–water partition coefficient (Wildman–Crippen LogP) is 5.12. The Balaban J connectivity index is 1.81. The molecule has 0 amide bonds. The number of fused-ring (bicyclic) bond motifs is 1. The summed E-state index contributed by atoms with van der Waals surface area (Å²) in [5, 5.41) is 0. The Morgan fingerprint density at radius 2 is 1.45 bits per heavy atom. The van der Waals surface area contributed by atoms with Crippen LogP contribution in [0.2, 0.25) is 0 Å². The molecule has 0 saturated carbocycles. The standard InChI is InChI=1S/C25H25NO3/c1-27-23-13-20(14-24(28-2)25(23)29-3)22-17-26(15-18-9-5-4-6-10-18)16-19-11-7-8-12-21(19)22/h4-14,17H,15-16H2,1-3H3. The minimum atomic E-state index is 0.601. The topological polar surface area (TPSA) is 30.9 Å². The molecule has 3 aromatic rings. The molecule has 0 fully saturated rings. The van der Waals surface area contributed by atoms with Crippen molar-refractivity contribution < 1.29 is 14.2 Å². The predicted molar refractivity (Wildman–Crippen MR) is 115 cm³/mol. The second kappa shape index (κ2) is 8.31. The van der Waals surface area contributed by atoms with Crippen LogP contribution in [0.15, 0.2) is 72.9 Å². The van der Waals surface area contributed by atoms with Crippen LogP contribution < -0.4 is 14.2 Å². The molecule has 1 aliphatic heterocycles. The zero-order valence-electron chi connectivity index (χ0n) is 17.0. The van der Waals surface area contributed by atoms with Crippen LogP contribution in [-0.2, 0) is 13.1 Å². The van der Waals surface area contributed by atoms with Crippen molar-refractivity contribution in [3.63, 3.8) is 0 Å². The fraction of sp³-hybridized carbons (Fsp3) is 0.200. The van der Waals surface area contributed by atoms with Crippen molar-refractivity contribution in [1.82, 2.24) is 4.90 Å². The van der Waals surface area contributed by atoms with Gasteiger partial charge in [0.1, 0.15) is 0 Å². The first-order chi connectivity index (χ1) is 14.2. The van der Waals surface area contributed by atoms with Crippen molar-refractivity contribution >= 4 is 5.57 Å². The third-order valence-electron chi connectivity index (χ3n) is 5.20. The van der Waals surface area contributed by atoms with E-state index < -0.39 is 0 Å². The molecule has 0 unspecified atom stereocenters. The van der Waals surface area contributed by atoms with Crippen molar-refractivity contribution in [3.05, 3.63) is 95.2 Å². The minimum absolute atomic E-state index is 0.601. The Bertz CT molecular complexity index is 1000. The number of methoxy groups -OCH3 is 3. The number of rotatable bonds is 6. The first-order valence-electron chi connectivity index (χ1n) is 9.62. The van der Waals surface area contributed by atoms with E-state index in [4.69, 9.17) is 14.2 Å². The summed E-state index contributed by atoms with van der Waals surface area (Å²) in [6.45, 7) is 1.72. The molecule has 29 heavy (non-hydrogen) atoms. The van der Waals surface area contributed by atoms with Crippen LogP contribution >= 0.6 is 0 Å². The van der Waals surface area contributed by atoms with Gasteiger partial charge in [-0.25, -0.2) is 0 Å². The maximum Gasteiger partial charge on any atom is 0.203 e. The summed E-state index contributed by atoms with van der Waals surface area (Å²) in [5.74, 6) is 1.91. The van der Waals surface area contributed by atoms with E-state index in [1.807, 2.05) is 18.2 Å². The van der Waals surface area contributed by atoms with Gasteiger partial charge < -0.3 is 19.1 Å². The minimum Gasteiger partial charge on any atom is -0.493 e. The van der Waals surface area contributed by atoms with Gasteiger partial charge >= 0.3 is 0 Å². The number of nitrogens with zero attached hydrogens (tertiary/aromatic N) is 1. The third kappa shape index (κ3) is 3.79. The lowest BCUT2D eigenvalue weighted by atomic mass is 9.91. The third-order valence-corrected chi connectivity index (χ3v) is 5.20. The van der Waals surface area contributed by atoms with Gasteiger partial charge in [0, 0.05) is 24.9 Å². The van der Waals surface area contributed by atoms with Crippen LogP contribution in [0.1, 0.15) is 22.3 Å². The van der Waals surface area contributed by atoms with Gasteiger partial charge in [-0.3, -0.25) is 0 Å². The summed E-state index contributed by atoms with van der Waals surface area (Å²) >= 11 is 0. The lowest BCUT2D eigenvalue weighted by Gasteiger charge is -2.29. The van der Waals surface area contributed by atoms with Crippen LogP contribution in [0.25, 0.3) is 5.57 Å². The number of hydrogen-bond donors (Lipinski definition) is 0. The second-order valence-corrected chi connectivity index (χ2v) is 7.00. The van der Waals surface area contributed by atoms with Gasteiger partial charge in [0.05, 0.1) is 21.3 Å². The Morgan fingerprint density at radius 1 is 0.793 bits per heavy atom. The molecule has 1 heterocycles. The van der Waals surface area contributed by atoms with Crippen LogP contribution in [-0.4, -0.2) is 26.2 Å². The fourth-order valence-electron chi connectivity index (χ4n) is 3.82. The summed E-state index contributed by atoms with van der Waals surface area (Å²) in [4.78, 5) is 2.34. The monoisotopic (exact) mass is 387 g/mol.